The van der Waals surface area contributed by atoms with E-state index in [1.54, 1.807) is 31.2 Å². The van der Waals surface area contributed by atoms with Crippen LogP contribution < -0.4 is 0 Å². The van der Waals surface area contributed by atoms with E-state index in [1.807, 2.05) is 6.07 Å². The SMILES string of the molecule is CC(=O)O/C=C(/C)C(=O)c1ccccc1. The number of Topliss-reactive ketones (excluding diaryl/α,β-unsaturated/α-hetero) is 1. The van der Waals surface area contributed by atoms with Crippen LogP contribution in [0.1, 0.15) is 24.2 Å². The molecule has 0 aliphatic heterocycles. The molecule has 0 spiro atoms. The van der Waals surface area contributed by atoms with Gasteiger partial charge in [0.25, 0.3) is 0 Å². The van der Waals surface area contributed by atoms with E-state index < -0.39 is 5.97 Å². The van der Waals surface area contributed by atoms with E-state index >= 15 is 0 Å². The van der Waals surface area contributed by atoms with E-state index in [0.717, 1.165) is 0 Å². The van der Waals surface area contributed by atoms with Gasteiger partial charge in [-0.2, -0.15) is 0 Å². The fourth-order valence-corrected chi connectivity index (χ4v) is 1.04. The van der Waals surface area contributed by atoms with Crippen LogP contribution in [0.2, 0.25) is 0 Å². The van der Waals surface area contributed by atoms with Crippen molar-refractivity contribution in [2.24, 2.45) is 0 Å². The molecule has 3 nitrogen and oxygen atoms in total. The van der Waals surface area contributed by atoms with Crippen LogP contribution in [0.5, 0.6) is 0 Å². The summed E-state index contributed by atoms with van der Waals surface area (Å²) >= 11 is 0. The Kier molecular flexibility index (Phi) is 3.80. The van der Waals surface area contributed by atoms with Gasteiger partial charge in [-0.25, -0.2) is 0 Å². The van der Waals surface area contributed by atoms with Crippen molar-refractivity contribution >= 4 is 11.8 Å². The van der Waals surface area contributed by atoms with Crippen LogP contribution in [-0.4, -0.2) is 11.8 Å². The molecule has 1 rings (SSSR count). The lowest BCUT2D eigenvalue weighted by Crippen LogP contribution is -2.02. The second-order valence-electron chi connectivity index (χ2n) is 3.11. The van der Waals surface area contributed by atoms with Gasteiger partial charge in [-0.1, -0.05) is 30.3 Å². The maximum atomic E-state index is 11.7. The van der Waals surface area contributed by atoms with E-state index in [9.17, 15) is 9.59 Å². The van der Waals surface area contributed by atoms with E-state index in [-0.39, 0.29) is 5.78 Å². The molecule has 0 radical (unpaired) electrons. The summed E-state index contributed by atoms with van der Waals surface area (Å²) in [6.07, 6.45) is 1.18. The van der Waals surface area contributed by atoms with Crippen molar-refractivity contribution < 1.29 is 14.3 Å². The van der Waals surface area contributed by atoms with Crippen LogP contribution in [0.4, 0.5) is 0 Å². The molecule has 0 fully saturated rings. The molecule has 0 atom stereocenters. The van der Waals surface area contributed by atoms with E-state index in [2.05, 4.69) is 4.74 Å². The quantitative estimate of drug-likeness (QED) is 0.328. The summed E-state index contributed by atoms with van der Waals surface area (Å²) in [5.41, 5.74) is 0.981. The van der Waals surface area contributed by atoms with Crippen molar-refractivity contribution in [3.63, 3.8) is 0 Å². The average molecular weight is 204 g/mol. The fourth-order valence-electron chi connectivity index (χ4n) is 1.04. The summed E-state index contributed by atoms with van der Waals surface area (Å²) in [4.78, 5) is 22.2. The molecule has 0 saturated carbocycles. The Hall–Kier alpha value is -1.90. The zero-order valence-corrected chi connectivity index (χ0v) is 8.69. The summed E-state index contributed by atoms with van der Waals surface area (Å²) in [7, 11) is 0. The zero-order valence-electron chi connectivity index (χ0n) is 8.69. The molecule has 0 amide bonds. The van der Waals surface area contributed by atoms with Crippen molar-refractivity contribution in [2.75, 3.05) is 0 Å². The first-order valence-electron chi connectivity index (χ1n) is 4.55. The molecule has 1 aromatic rings. The lowest BCUT2D eigenvalue weighted by atomic mass is 10.1. The Morgan fingerprint density at radius 3 is 2.27 bits per heavy atom. The summed E-state index contributed by atoms with van der Waals surface area (Å²) in [6, 6.07) is 8.83. The van der Waals surface area contributed by atoms with Gasteiger partial charge in [0.15, 0.2) is 5.78 Å². The number of hydrogen-bond acceptors (Lipinski definition) is 3. The maximum Gasteiger partial charge on any atom is 0.307 e. The van der Waals surface area contributed by atoms with Crippen molar-refractivity contribution in [1.29, 1.82) is 0 Å². The molecule has 0 aliphatic carbocycles. The molecule has 78 valence electrons. The molecule has 0 bridgehead atoms. The number of hydrogen-bond donors (Lipinski definition) is 0. The largest absolute Gasteiger partial charge is 0.434 e. The van der Waals surface area contributed by atoms with Crippen LogP contribution >= 0.6 is 0 Å². The van der Waals surface area contributed by atoms with Gasteiger partial charge in [0.05, 0.1) is 0 Å². The third kappa shape index (κ3) is 3.38. The lowest BCUT2D eigenvalue weighted by Gasteiger charge is -2.00. The van der Waals surface area contributed by atoms with Crippen LogP contribution in [0.25, 0.3) is 0 Å². The number of allylic oxidation sites excluding steroid dienone is 1. The van der Waals surface area contributed by atoms with Gasteiger partial charge >= 0.3 is 5.97 Å². The third-order valence-corrected chi connectivity index (χ3v) is 1.80. The predicted molar refractivity (Wildman–Crippen MR) is 56.3 cm³/mol. The smallest absolute Gasteiger partial charge is 0.307 e. The number of carbonyl (C=O) groups excluding carboxylic acids is 2. The molecule has 0 N–H and O–H groups in total. The summed E-state index contributed by atoms with van der Waals surface area (Å²) in [6.45, 7) is 2.90. The first-order valence-corrected chi connectivity index (χ1v) is 4.55. The summed E-state index contributed by atoms with van der Waals surface area (Å²) in [5.74, 6) is -0.577. The molecule has 0 unspecified atom stereocenters. The van der Waals surface area contributed by atoms with Gasteiger partial charge in [-0.15, -0.1) is 0 Å². The number of ether oxygens (including phenoxy) is 1. The van der Waals surface area contributed by atoms with Crippen molar-refractivity contribution in [3.05, 3.63) is 47.7 Å². The monoisotopic (exact) mass is 204 g/mol. The molecule has 0 aromatic heterocycles. The van der Waals surface area contributed by atoms with Gasteiger partial charge in [0.2, 0.25) is 0 Å². The molecule has 0 saturated heterocycles. The summed E-state index contributed by atoms with van der Waals surface area (Å²) < 4.78 is 4.62. The molecule has 0 heterocycles. The Labute approximate surface area is 88.4 Å². The molecule has 15 heavy (non-hydrogen) atoms. The number of rotatable bonds is 3. The highest BCUT2D eigenvalue weighted by Gasteiger charge is 2.07. The zero-order chi connectivity index (χ0) is 11.3. The third-order valence-electron chi connectivity index (χ3n) is 1.80. The minimum atomic E-state index is -0.435. The second-order valence-corrected chi connectivity index (χ2v) is 3.11. The number of esters is 1. The minimum Gasteiger partial charge on any atom is -0.434 e. The van der Waals surface area contributed by atoms with Gasteiger partial charge < -0.3 is 4.74 Å². The molecular formula is C12H12O3. The fraction of sp³-hybridized carbons (Fsp3) is 0.167. The Morgan fingerprint density at radius 2 is 1.73 bits per heavy atom. The second kappa shape index (κ2) is 5.10. The first-order chi connectivity index (χ1) is 7.11. The Morgan fingerprint density at radius 1 is 1.13 bits per heavy atom. The minimum absolute atomic E-state index is 0.142. The van der Waals surface area contributed by atoms with Crippen molar-refractivity contribution in [2.45, 2.75) is 13.8 Å². The first kappa shape index (κ1) is 11.2. The molecule has 0 aliphatic rings. The molecule has 3 heteroatoms. The van der Waals surface area contributed by atoms with E-state index in [0.29, 0.717) is 11.1 Å². The van der Waals surface area contributed by atoms with Crippen LogP contribution in [0.3, 0.4) is 0 Å². The normalized spacial score (nSPS) is 10.9. The number of benzene rings is 1. The van der Waals surface area contributed by atoms with Crippen LogP contribution in [-0.2, 0) is 9.53 Å². The summed E-state index contributed by atoms with van der Waals surface area (Å²) in [5, 5.41) is 0. The van der Waals surface area contributed by atoms with Gasteiger partial charge in [0, 0.05) is 18.1 Å². The van der Waals surface area contributed by atoms with Crippen LogP contribution in [0, 0.1) is 0 Å². The highest BCUT2D eigenvalue weighted by atomic mass is 16.5. The Bertz CT molecular complexity index is 391. The molecule has 1 aromatic carbocycles. The van der Waals surface area contributed by atoms with Crippen molar-refractivity contribution in [3.8, 4) is 0 Å². The number of carbonyl (C=O) groups is 2. The van der Waals surface area contributed by atoms with E-state index in [1.165, 1.54) is 13.2 Å². The van der Waals surface area contributed by atoms with Gasteiger partial charge in [-0.3, -0.25) is 9.59 Å². The van der Waals surface area contributed by atoms with Crippen molar-refractivity contribution in [1.82, 2.24) is 0 Å². The predicted octanol–water partition coefficient (Wildman–Crippen LogP) is 2.34. The Balaban J connectivity index is 2.77. The standard InChI is InChI=1S/C12H12O3/c1-9(8-15-10(2)13)12(14)11-6-4-3-5-7-11/h3-8H,1-2H3/b9-8-. The molecular weight excluding hydrogens is 192 g/mol. The van der Waals surface area contributed by atoms with Gasteiger partial charge in [0.1, 0.15) is 6.26 Å². The van der Waals surface area contributed by atoms with Gasteiger partial charge in [-0.05, 0) is 6.92 Å². The maximum absolute atomic E-state index is 11.7. The van der Waals surface area contributed by atoms with Crippen LogP contribution in [0.15, 0.2) is 42.2 Å². The lowest BCUT2D eigenvalue weighted by molar-refractivity contribution is -0.135. The highest BCUT2D eigenvalue weighted by molar-refractivity contribution is 6.08. The number of ketones is 1. The topological polar surface area (TPSA) is 43.4 Å². The average Bonchev–Trinajstić information content (AvgIpc) is 2.26. The van der Waals surface area contributed by atoms with E-state index in [4.69, 9.17) is 0 Å². The highest BCUT2D eigenvalue weighted by Crippen LogP contribution is 2.07.